The maximum absolute atomic E-state index is 12.8. The van der Waals surface area contributed by atoms with Crippen LogP contribution in [0.1, 0.15) is 26.7 Å². The van der Waals surface area contributed by atoms with Crippen molar-refractivity contribution in [2.24, 2.45) is 23.5 Å². The van der Waals surface area contributed by atoms with Crippen LogP contribution in [0.25, 0.3) is 0 Å². The first-order valence-electron chi connectivity index (χ1n) is 5.53. The minimum absolute atomic E-state index is 0.0657. The van der Waals surface area contributed by atoms with Gasteiger partial charge in [0.1, 0.15) is 0 Å². The summed E-state index contributed by atoms with van der Waals surface area (Å²) in [5.41, 5.74) is 5.67. The summed E-state index contributed by atoms with van der Waals surface area (Å²) in [7, 11) is 0. The lowest BCUT2D eigenvalue weighted by molar-refractivity contribution is -0.214. The molecule has 1 nitrogen and oxygen atoms in total. The smallest absolute Gasteiger partial charge is 0.392 e. The molecule has 0 heterocycles. The van der Waals surface area contributed by atoms with Gasteiger partial charge in [-0.1, -0.05) is 12.5 Å². The Morgan fingerprint density at radius 3 is 1.94 bits per heavy atom. The van der Waals surface area contributed by atoms with E-state index in [9.17, 15) is 26.3 Å². The Balaban J connectivity index is 3.14. The highest BCUT2D eigenvalue weighted by Gasteiger charge is 2.51. The molecule has 0 aromatic carbocycles. The van der Waals surface area contributed by atoms with Crippen LogP contribution in [0.15, 0.2) is 11.3 Å². The molecule has 1 aliphatic carbocycles. The molecule has 2 N–H and O–H groups in total. The van der Waals surface area contributed by atoms with Gasteiger partial charge < -0.3 is 5.73 Å². The van der Waals surface area contributed by atoms with Crippen LogP contribution in [0.2, 0.25) is 0 Å². The molecular weight excluding hydrogens is 260 g/mol. The van der Waals surface area contributed by atoms with E-state index in [0.29, 0.717) is 0 Å². The number of nitrogens with two attached hydrogens (primary N) is 1. The van der Waals surface area contributed by atoms with Gasteiger partial charge in [-0.3, -0.25) is 0 Å². The van der Waals surface area contributed by atoms with Gasteiger partial charge in [0.15, 0.2) is 0 Å². The summed E-state index contributed by atoms with van der Waals surface area (Å²) in [4.78, 5) is 0. The zero-order chi connectivity index (χ0) is 14.3. The highest BCUT2D eigenvalue weighted by Crippen LogP contribution is 2.47. The fraction of sp³-hybridized carbons (Fsp3) is 0.818. The van der Waals surface area contributed by atoms with Gasteiger partial charge in [0.2, 0.25) is 0 Å². The minimum atomic E-state index is -4.67. The van der Waals surface area contributed by atoms with Gasteiger partial charge in [-0.25, -0.2) is 0 Å². The van der Waals surface area contributed by atoms with E-state index >= 15 is 0 Å². The predicted molar refractivity (Wildman–Crippen MR) is 54.4 cm³/mol. The Bertz CT molecular complexity index is 340. The first kappa shape index (κ1) is 15.2. The zero-order valence-electron chi connectivity index (χ0n) is 9.99. The van der Waals surface area contributed by atoms with Gasteiger partial charge in [-0.15, -0.1) is 0 Å². The van der Waals surface area contributed by atoms with E-state index < -0.39 is 42.9 Å². The van der Waals surface area contributed by atoms with Crippen LogP contribution in [-0.2, 0) is 0 Å². The normalized spacial score (nSPS) is 31.4. The van der Waals surface area contributed by atoms with Crippen molar-refractivity contribution in [3.05, 3.63) is 11.3 Å². The third-order valence-corrected chi connectivity index (χ3v) is 3.56. The van der Waals surface area contributed by atoms with E-state index in [1.54, 1.807) is 0 Å². The molecule has 0 spiro atoms. The average Bonchev–Trinajstić information content (AvgIpc) is 2.27. The molecule has 7 heteroatoms. The first-order valence-corrected chi connectivity index (χ1v) is 5.53. The van der Waals surface area contributed by atoms with Crippen LogP contribution in [0.5, 0.6) is 0 Å². The molecule has 0 bridgehead atoms. The topological polar surface area (TPSA) is 26.0 Å². The van der Waals surface area contributed by atoms with E-state index in [4.69, 9.17) is 5.73 Å². The molecule has 0 aromatic rings. The molecule has 18 heavy (non-hydrogen) atoms. The van der Waals surface area contributed by atoms with E-state index in [2.05, 4.69) is 0 Å². The molecule has 106 valence electrons. The van der Waals surface area contributed by atoms with Crippen LogP contribution < -0.4 is 5.73 Å². The Morgan fingerprint density at radius 2 is 1.56 bits per heavy atom. The second-order valence-corrected chi connectivity index (χ2v) is 4.85. The number of hydrogen-bond donors (Lipinski definition) is 1. The van der Waals surface area contributed by atoms with E-state index in [-0.39, 0.29) is 11.3 Å². The van der Waals surface area contributed by atoms with Crippen LogP contribution in [-0.4, -0.2) is 12.4 Å². The molecule has 0 fully saturated rings. The Labute approximate surface area is 101 Å². The van der Waals surface area contributed by atoms with E-state index in [1.807, 2.05) is 0 Å². The second kappa shape index (κ2) is 4.66. The van der Waals surface area contributed by atoms with Crippen LogP contribution in [0.3, 0.4) is 0 Å². The molecule has 0 aliphatic heterocycles. The van der Waals surface area contributed by atoms with Crippen molar-refractivity contribution in [2.75, 3.05) is 0 Å². The first-order chi connectivity index (χ1) is 7.94. The molecule has 1 rings (SSSR count). The van der Waals surface area contributed by atoms with Gasteiger partial charge in [-0.05, 0) is 19.8 Å². The summed E-state index contributed by atoms with van der Waals surface area (Å²) in [6, 6.07) is 0. The molecule has 0 saturated carbocycles. The van der Waals surface area contributed by atoms with Crippen molar-refractivity contribution in [3.63, 3.8) is 0 Å². The lowest BCUT2D eigenvalue weighted by Gasteiger charge is -2.28. The van der Waals surface area contributed by atoms with Crippen molar-refractivity contribution in [3.8, 4) is 0 Å². The molecular formula is C11H15F6N. The van der Waals surface area contributed by atoms with Crippen molar-refractivity contribution < 1.29 is 26.3 Å². The maximum Gasteiger partial charge on any atom is 0.392 e. The fourth-order valence-electron chi connectivity index (χ4n) is 2.35. The average molecular weight is 275 g/mol. The Morgan fingerprint density at radius 1 is 1.06 bits per heavy atom. The quantitative estimate of drug-likeness (QED) is 0.664. The van der Waals surface area contributed by atoms with Crippen molar-refractivity contribution in [1.29, 1.82) is 0 Å². The van der Waals surface area contributed by atoms with E-state index in [1.165, 1.54) is 13.8 Å². The fourth-order valence-corrected chi connectivity index (χ4v) is 2.35. The van der Waals surface area contributed by atoms with Gasteiger partial charge >= 0.3 is 12.4 Å². The SMILES string of the molecule is CC1=C(N)C(C)C(C(F)(F)F)CC(C(F)(F)F)C1. The number of hydrogen-bond acceptors (Lipinski definition) is 1. The lowest BCUT2D eigenvalue weighted by atomic mass is 9.85. The van der Waals surface area contributed by atoms with Crippen molar-refractivity contribution in [1.82, 2.24) is 0 Å². The second-order valence-electron chi connectivity index (χ2n) is 4.85. The highest BCUT2D eigenvalue weighted by atomic mass is 19.4. The molecule has 3 atom stereocenters. The molecule has 0 aromatic heterocycles. The third-order valence-electron chi connectivity index (χ3n) is 3.56. The summed E-state index contributed by atoms with van der Waals surface area (Å²) < 4.78 is 76.4. The zero-order valence-corrected chi connectivity index (χ0v) is 9.99. The summed E-state index contributed by atoms with van der Waals surface area (Å²) in [5, 5.41) is 0. The third kappa shape index (κ3) is 3.11. The number of alkyl halides is 6. The monoisotopic (exact) mass is 275 g/mol. The highest BCUT2D eigenvalue weighted by molar-refractivity contribution is 5.16. The predicted octanol–water partition coefficient (Wildman–Crippen LogP) is 4.01. The summed E-state index contributed by atoms with van der Waals surface area (Å²) >= 11 is 0. The number of allylic oxidation sites excluding steroid dienone is 2. The van der Waals surface area contributed by atoms with Gasteiger partial charge in [0.25, 0.3) is 0 Å². The van der Waals surface area contributed by atoms with Crippen molar-refractivity contribution in [2.45, 2.75) is 39.0 Å². The lowest BCUT2D eigenvalue weighted by Crippen LogP contribution is -2.35. The summed E-state index contributed by atoms with van der Waals surface area (Å²) in [6.07, 6.45) is -10.7. The summed E-state index contributed by atoms with van der Waals surface area (Å²) in [5.74, 6) is -5.13. The molecule has 0 radical (unpaired) electrons. The van der Waals surface area contributed by atoms with Crippen LogP contribution in [0, 0.1) is 17.8 Å². The van der Waals surface area contributed by atoms with Gasteiger partial charge in [0.05, 0.1) is 11.8 Å². The number of halogens is 6. The van der Waals surface area contributed by atoms with Crippen LogP contribution in [0.4, 0.5) is 26.3 Å². The Kier molecular flexibility index (Phi) is 3.93. The largest absolute Gasteiger partial charge is 0.402 e. The maximum atomic E-state index is 12.8. The standard InChI is InChI=1S/C11H15F6N/c1-5-3-7(10(12,13)14)4-8(11(15,16)17)6(2)9(5)18/h6-8H,3-4,18H2,1-2H3. The molecule has 0 saturated heterocycles. The molecule has 1 aliphatic rings. The van der Waals surface area contributed by atoms with Crippen molar-refractivity contribution >= 4 is 0 Å². The van der Waals surface area contributed by atoms with E-state index in [0.717, 1.165) is 0 Å². The molecule has 3 unspecified atom stereocenters. The van der Waals surface area contributed by atoms with Gasteiger partial charge in [0, 0.05) is 11.6 Å². The summed E-state index contributed by atoms with van der Waals surface area (Å²) in [6.45, 7) is 2.60. The van der Waals surface area contributed by atoms with Gasteiger partial charge in [-0.2, -0.15) is 26.3 Å². The Hall–Kier alpha value is -0.880. The van der Waals surface area contributed by atoms with Crippen LogP contribution >= 0.6 is 0 Å². The minimum Gasteiger partial charge on any atom is -0.402 e. The number of rotatable bonds is 0. The molecule has 0 amide bonds.